The zero-order valence-electron chi connectivity index (χ0n) is 13.1. The highest BCUT2D eigenvalue weighted by Crippen LogP contribution is 2.25. The van der Waals surface area contributed by atoms with E-state index in [0.717, 1.165) is 11.3 Å². The lowest BCUT2D eigenvalue weighted by Crippen LogP contribution is -2.05. The number of aliphatic hydroxyl groups excluding tert-OH is 1. The van der Waals surface area contributed by atoms with E-state index >= 15 is 0 Å². The third kappa shape index (κ3) is 2.57. The second-order valence-electron chi connectivity index (χ2n) is 5.70. The van der Waals surface area contributed by atoms with Crippen molar-refractivity contribution in [1.29, 1.82) is 0 Å². The molecule has 0 bridgehead atoms. The van der Waals surface area contributed by atoms with E-state index in [2.05, 4.69) is 40.6 Å². The third-order valence-electron chi connectivity index (χ3n) is 4.20. The minimum absolute atomic E-state index is 0.125. The van der Waals surface area contributed by atoms with Gasteiger partial charge in [-0.15, -0.1) is 5.10 Å². The van der Waals surface area contributed by atoms with Gasteiger partial charge in [0.05, 0.1) is 18.8 Å². The monoisotopic (exact) mass is 315 g/mol. The minimum Gasteiger partial charge on any atom is -0.390 e. The standard InChI is InChI=1S/C20H17N3O/c24-14-19-20(16-8-2-1-3-9-16)23(22-21-19)13-17-11-6-10-15-7-4-5-12-18(15)17/h1-12,24H,13-14H2. The summed E-state index contributed by atoms with van der Waals surface area (Å²) in [6.45, 7) is 0.484. The van der Waals surface area contributed by atoms with Crippen molar-refractivity contribution in [2.75, 3.05) is 0 Å². The molecule has 0 aliphatic carbocycles. The van der Waals surface area contributed by atoms with Crippen molar-refractivity contribution in [2.45, 2.75) is 13.2 Å². The highest BCUT2D eigenvalue weighted by Gasteiger charge is 2.15. The van der Waals surface area contributed by atoms with Crippen LogP contribution in [0.5, 0.6) is 0 Å². The molecule has 0 saturated carbocycles. The summed E-state index contributed by atoms with van der Waals surface area (Å²) in [5.41, 5.74) is 3.65. The van der Waals surface area contributed by atoms with Crippen LogP contribution in [0.2, 0.25) is 0 Å². The van der Waals surface area contributed by atoms with E-state index in [1.54, 1.807) is 0 Å². The summed E-state index contributed by atoms with van der Waals surface area (Å²) < 4.78 is 1.86. The molecule has 4 heteroatoms. The number of benzene rings is 3. The maximum absolute atomic E-state index is 9.62. The Balaban J connectivity index is 1.82. The van der Waals surface area contributed by atoms with E-state index in [-0.39, 0.29) is 6.61 Å². The largest absolute Gasteiger partial charge is 0.390 e. The molecule has 1 N–H and O–H groups in total. The van der Waals surface area contributed by atoms with Crippen LogP contribution < -0.4 is 0 Å². The summed E-state index contributed by atoms with van der Waals surface area (Å²) in [6.07, 6.45) is 0. The van der Waals surface area contributed by atoms with E-state index in [1.165, 1.54) is 16.3 Å². The average Bonchev–Trinajstić information content (AvgIpc) is 3.05. The van der Waals surface area contributed by atoms with Gasteiger partial charge < -0.3 is 5.11 Å². The molecule has 0 atom stereocenters. The fourth-order valence-electron chi connectivity index (χ4n) is 3.07. The molecule has 0 fully saturated rings. The van der Waals surface area contributed by atoms with Gasteiger partial charge in [-0.05, 0) is 16.3 Å². The van der Waals surface area contributed by atoms with E-state index in [4.69, 9.17) is 0 Å². The topological polar surface area (TPSA) is 50.9 Å². The number of aromatic nitrogens is 3. The molecule has 4 rings (SSSR count). The zero-order chi connectivity index (χ0) is 16.4. The number of hydrogen-bond acceptors (Lipinski definition) is 3. The van der Waals surface area contributed by atoms with Gasteiger partial charge in [0.15, 0.2) is 0 Å². The lowest BCUT2D eigenvalue weighted by Gasteiger charge is -2.10. The maximum atomic E-state index is 9.62. The second kappa shape index (κ2) is 6.26. The van der Waals surface area contributed by atoms with Gasteiger partial charge in [-0.1, -0.05) is 78.0 Å². The van der Waals surface area contributed by atoms with Crippen LogP contribution in [0, 0.1) is 0 Å². The molecule has 1 heterocycles. The van der Waals surface area contributed by atoms with Crippen LogP contribution in [0.1, 0.15) is 11.3 Å². The summed E-state index contributed by atoms with van der Waals surface area (Å²) >= 11 is 0. The van der Waals surface area contributed by atoms with Gasteiger partial charge in [-0.25, -0.2) is 4.68 Å². The molecule has 0 saturated heterocycles. The Kier molecular flexibility index (Phi) is 3.81. The van der Waals surface area contributed by atoms with Gasteiger partial charge >= 0.3 is 0 Å². The molecule has 0 unspecified atom stereocenters. The van der Waals surface area contributed by atoms with Crippen molar-refractivity contribution in [3.63, 3.8) is 0 Å². The van der Waals surface area contributed by atoms with E-state index in [0.29, 0.717) is 12.2 Å². The van der Waals surface area contributed by atoms with Crippen LogP contribution in [-0.4, -0.2) is 20.1 Å². The van der Waals surface area contributed by atoms with E-state index in [9.17, 15) is 5.11 Å². The molecular weight excluding hydrogens is 298 g/mol. The molecule has 1 aromatic heterocycles. The number of aliphatic hydroxyl groups is 1. The lowest BCUT2D eigenvalue weighted by molar-refractivity contribution is 0.277. The van der Waals surface area contributed by atoms with Crippen LogP contribution in [-0.2, 0) is 13.2 Å². The van der Waals surface area contributed by atoms with E-state index in [1.807, 2.05) is 47.1 Å². The lowest BCUT2D eigenvalue weighted by atomic mass is 10.0. The second-order valence-corrected chi connectivity index (χ2v) is 5.70. The highest BCUT2D eigenvalue weighted by molar-refractivity contribution is 5.85. The number of fused-ring (bicyclic) bond motifs is 1. The molecule has 0 aliphatic rings. The first-order valence-electron chi connectivity index (χ1n) is 7.92. The predicted octanol–water partition coefficient (Wildman–Crippen LogP) is 3.64. The van der Waals surface area contributed by atoms with Gasteiger partial charge in [0.25, 0.3) is 0 Å². The molecule has 24 heavy (non-hydrogen) atoms. The van der Waals surface area contributed by atoms with Crippen molar-refractivity contribution in [3.8, 4) is 11.3 Å². The predicted molar refractivity (Wildman–Crippen MR) is 94.4 cm³/mol. The van der Waals surface area contributed by atoms with Crippen LogP contribution in [0.25, 0.3) is 22.0 Å². The van der Waals surface area contributed by atoms with Crippen molar-refractivity contribution in [1.82, 2.24) is 15.0 Å². The van der Waals surface area contributed by atoms with Crippen LogP contribution in [0.15, 0.2) is 72.8 Å². The number of rotatable bonds is 4. The first-order valence-corrected chi connectivity index (χ1v) is 7.92. The van der Waals surface area contributed by atoms with Gasteiger partial charge in [0.2, 0.25) is 0 Å². The summed E-state index contributed by atoms with van der Waals surface area (Å²) in [4.78, 5) is 0. The van der Waals surface area contributed by atoms with Gasteiger partial charge in [0, 0.05) is 5.56 Å². The number of hydrogen-bond donors (Lipinski definition) is 1. The molecule has 4 nitrogen and oxygen atoms in total. The molecule has 0 aliphatic heterocycles. The Bertz CT molecular complexity index is 971. The smallest absolute Gasteiger partial charge is 0.116 e. The quantitative estimate of drug-likeness (QED) is 0.625. The Morgan fingerprint density at radius 1 is 0.833 bits per heavy atom. The van der Waals surface area contributed by atoms with Crippen molar-refractivity contribution in [2.24, 2.45) is 0 Å². The molecular formula is C20H17N3O. The van der Waals surface area contributed by atoms with Gasteiger partial charge in [-0.2, -0.15) is 0 Å². The molecule has 4 aromatic rings. The summed E-state index contributed by atoms with van der Waals surface area (Å²) in [6, 6.07) is 24.5. The summed E-state index contributed by atoms with van der Waals surface area (Å²) in [5, 5.41) is 20.5. The number of nitrogens with zero attached hydrogens (tertiary/aromatic N) is 3. The summed E-state index contributed by atoms with van der Waals surface area (Å²) in [7, 11) is 0. The van der Waals surface area contributed by atoms with Crippen molar-refractivity contribution in [3.05, 3.63) is 84.1 Å². The molecule has 0 amide bonds. The SMILES string of the molecule is OCc1nnn(Cc2cccc3ccccc23)c1-c1ccccc1. The Morgan fingerprint density at radius 2 is 1.58 bits per heavy atom. The maximum Gasteiger partial charge on any atom is 0.116 e. The minimum atomic E-state index is -0.125. The third-order valence-corrected chi connectivity index (χ3v) is 4.20. The molecule has 0 radical (unpaired) electrons. The van der Waals surface area contributed by atoms with Crippen molar-refractivity contribution >= 4 is 10.8 Å². The van der Waals surface area contributed by atoms with E-state index < -0.39 is 0 Å². The first-order chi connectivity index (χ1) is 11.9. The van der Waals surface area contributed by atoms with Crippen LogP contribution >= 0.6 is 0 Å². The Labute approximate surface area is 140 Å². The van der Waals surface area contributed by atoms with Crippen molar-refractivity contribution < 1.29 is 5.11 Å². The Hall–Kier alpha value is -2.98. The van der Waals surface area contributed by atoms with Crippen LogP contribution in [0.3, 0.4) is 0 Å². The fourth-order valence-corrected chi connectivity index (χ4v) is 3.07. The summed E-state index contributed by atoms with van der Waals surface area (Å²) in [5.74, 6) is 0. The zero-order valence-corrected chi connectivity index (χ0v) is 13.1. The normalized spacial score (nSPS) is 11.0. The fraction of sp³-hybridized carbons (Fsp3) is 0.100. The molecule has 3 aromatic carbocycles. The van der Waals surface area contributed by atoms with Gasteiger partial charge in [-0.3, -0.25) is 0 Å². The van der Waals surface area contributed by atoms with Gasteiger partial charge in [0.1, 0.15) is 5.69 Å². The van der Waals surface area contributed by atoms with Crippen LogP contribution in [0.4, 0.5) is 0 Å². The Morgan fingerprint density at radius 3 is 2.42 bits per heavy atom. The molecule has 0 spiro atoms. The highest BCUT2D eigenvalue weighted by atomic mass is 16.3. The first kappa shape index (κ1) is 14.6. The molecule has 118 valence electrons. The average molecular weight is 315 g/mol.